The van der Waals surface area contributed by atoms with Crippen LogP contribution in [0.4, 0.5) is 0 Å². The first-order chi connectivity index (χ1) is 39.7. The Morgan fingerprint density at radius 3 is 2.06 bits per heavy atom. The van der Waals surface area contributed by atoms with Crippen LogP contribution in [0.15, 0.2) is 259 Å². The van der Waals surface area contributed by atoms with Crippen molar-refractivity contribution in [3.8, 4) is 56.4 Å². The van der Waals surface area contributed by atoms with Gasteiger partial charge in [0.1, 0.15) is 5.58 Å². The van der Waals surface area contributed by atoms with Crippen molar-refractivity contribution in [2.45, 2.75) is 12.8 Å². The van der Waals surface area contributed by atoms with Gasteiger partial charge in [0.15, 0.2) is 0 Å². The van der Waals surface area contributed by atoms with Crippen LogP contribution in [0.2, 0.25) is 0 Å². The Balaban J connectivity index is 0.000000155. The maximum absolute atomic E-state index is 6.55. The van der Waals surface area contributed by atoms with Crippen LogP contribution in [0.5, 0.6) is 0 Å². The van der Waals surface area contributed by atoms with Crippen molar-refractivity contribution in [3.63, 3.8) is 0 Å². The number of hydrogen-bond donors (Lipinski definition) is 0. The second-order valence-corrected chi connectivity index (χ2v) is 19.9. The van der Waals surface area contributed by atoms with E-state index in [1.807, 2.05) is 103 Å². The van der Waals surface area contributed by atoms with Gasteiger partial charge in [0.2, 0.25) is 5.78 Å². The van der Waals surface area contributed by atoms with Crippen molar-refractivity contribution in [2.24, 2.45) is 0 Å². The molecule has 0 amide bonds. The molecule has 9 heteroatoms. The molecule has 0 unspecified atom stereocenters. The van der Waals surface area contributed by atoms with Gasteiger partial charge < -0.3 is 19.0 Å². The van der Waals surface area contributed by atoms with Crippen molar-refractivity contribution in [1.82, 2.24) is 33.5 Å². The molecule has 10 aromatic carbocycles. The zero-order valence-corrected chi connectivity index (χ0v) is 45.9. The third-order valence-corrected chi connectivity index (χ3v) is 15.1. The van der Waals surface area contributed by atoms with Crippen molar-refractivity contribution < 1.29 is 24.5 Å². The third-order valence-electron chi connectivity index (χ3n) is 15.1. The van der Waals surface area contributed by atoms with Crippen LogP contribution in [0.3, 0.4) is 0 Å². The minimum absolute atomic E-state index is 0. The largest absolute Gasteiger partial charge is 3.00 e. The van der Waals surface area contributed by atoms with Gasteiger partial charge in [0.05, 0.1) is 44.5 Å². The summed E-state index contributed by atoms with van der Waals surface area (Å²) in [6, 6.07) is 93.6. The molecular formula is C72H46IrN7O. The molecule has 0 aliphatic rings. The predicted octanol–water partition coefficient (Wildman–Crippen LogP) is 17.2. The van der Waals surface area contributed by atoms with Gasteiger partial charge in [-0.2, -0.15) is 0 Å². The van der Waals surface area contributed by atoms with E-state index in [0.717, 1.165) is 135 Å². The van der Waals surface area contributed by atoms with Gasteiger partial charge >= 0.3 is 20.1 Å². The second kappa shape index (κ2) is 21.0. The molecule has 81 heavy (non-hydrogen) atoms. The van der Waals surface area contributed by atoms with Gasteiger partial charge in [-0.3, -0.25) is 14.0 Å². The molecule has 0 spiro atoms. The number of aromatic nitrogens is 7. The fourth-order valence-corrected chi connectivity index (χ4v) is 11.4. The summed E-state index contributed by atoms with van der Waals surface area (Å²) < 4.78 is 13.3. The number of hydrogen-bond acceptors (Lipinski definition) is 5. The summed E-state index contributed by atoms with van der Waals surface area (Å²) in [7, 11) is 0. The third kappa shape index (κ3) is 8.77. The molecule has 0 atom stereocenters. The van der Waals surface area contributed by atoms with Crippen molar-refractivity contribution in [3.05, 3.63) is 284 Å². The summed E-state index contributed by atoms with van der Waals surface area (Å²) in [6.07, 6.45) is 5.43. The Morgan fingerprint density at radius 2 is 1.21 bits per heavy atom. The second-order valence-electron chi connectivity index (χ2n) is 19.9. The van der Waals surface area contributed by atoms with E-state index in [2.05, 4.69) is 188 Å². The number of para-hydroxylation sites is 5. The van der Waals surface area contributed by atoms with E-state index in [9.17, 15) is 0 Å². The maximum Gasteiger partial charge on any atom is 3.00 e. The average Bonchev–Trinajstić information content (AvgIpc) is 4.51. The van der Waals surface area contributed by atoms with Crippen LogP contribution in [0, 0.1) is 18.2 Å². The molecule has 0 aliphatic heterocycles. The molecule has 384 valence electrons. The number of aryl methyl sites for hydroxylation is 2. The predicted molar refractivity (Wildman–Crippen MR) is 323 cm³/mol. The van der Waals surface area contributed by atoms with E-state index in [4.69, 9.17) is 19.4 Å². The van der Waals surface area contributed by atoms with Crippen LogP contribution >= 0.6 is 0 Å². The first-order valence-electron chi connectivity index (χ1n) is 26.8. The van der Waals surface area contributed by atoms with Crippen LogP contribution in [0.25, 0.3) is 128 Å². The Morgan fingerprint density at radius 1 is 0.457 bits per heavy atom. The van der Waals surface area contributed by atoms with Crippen molar-refractivity contribution in [2.75, 3.05) is 0 Å². The van der Waals surface area contributed by atoms with Gasteiger partial charge in [-0.1, -0.05) is 143 Å². The summed E-state index contributed by atoms with van der Waals surface area (Å²) in [4.78, 5) is 19.6. The number of nitrogens with zero attached hydrogens (tertiary/aromatic N) is 7. The molecule has 16 rings (SSSR count). The number of fused-ring (bicyclic) bond motifs is 11. The van der Waals surface area contributed by atoms with E-state index < -0.39 is 0 Å². The fraction of sp³-hybridized carbons (Fsp3) is 0.0278. The Kier molecular flexibility index (Phi) is 12.7. The molecule has 6 heterocycles. The van der Waals surface area contributed by atoms with E-state index >= 15 is 0 Å². The molecule has 0 saturated carbocycles. The molecule has 8 nitrogen and oxygen atoms in total. The topological polar surface area (TPSA) is 79.0 Å². The minimum atomic E-state index is 0. The molecule has 0 radical (unpaired) electrons. The van der Waals surface area contributed by atoms with E-state index in [1.54, 1.807) is 0 Å². The van der Waals surface area contributed by atoms with Crippen molar-refractivity contribution >= 4 is 71.6 Å². The normalized spacial score (nSPS) is 11.5. The van der Waals surface area contributed by atoms with E-state index in [1.165, 1.54) is 16.5 Å². The van der Waals surface area contributed by atoms with Gasteiger partial charge in [-0.05, 0) is 107 Å². The van der Waals surface area contributed by atoms with Crippen LogP contribution in [-0.4, -0.2) is 33.5 Å². The molecule has 0 N–H and O–H groups in total. The van der Waals surface area contributed by atoms with Crippen molar-refractivity contribution in [1.29, 1.82) is 0 Å². The maximum atomic E-state index is 6.55. The van der Waals surface area contributed by atoms with E-state index in [0.29, 0.717) is 0 Å². The molecular weight excluding hydrogens is 1170 g/mol. The summed E-state index contributed by atoms with van der Waals surface area (Å²) in [5.74, 6) is 1.71. The molecule has 16 aromatic rings. The summed E-state index contributed by atoms with van der Waals surface area (Å²) in [6.45, 7) is 0. The molecule has 0 aliphatic carbocycles. The summed E-state index contributed by atoms with van der Waals surface area (Å²) in [5.41, 5.74) is 19.5. The SMILES string of the molecule is [Ir+3].[c-]1ccc(-c2cccc3nc4n(-c5ccccc5)c5ccc(CCc6cccnc6-c6[c-]cccc6)cc5n4c23)cc1-c1ccccn1.[c-]1ccc2c(oc3c4ccccc4ccc23)c1-c1nc2ccccc2n1-c1ccccc1. The number of imidazole rings is 3. The number of furan rings is 1. The Labute approximate surface area is 480 Å². The van der Waals surface area contributed by atoms with Gasteiger partial charge in [-0.15, -0.1) is 83.9 Å². The molecule has 6 aromatic heterocycles. The molecule has 0 bridgehead atoms. The Hall–Kier alpha value is -10.1. The fourth-order valence-electron chi connectivity index (χ4n) is 11.4. The number of rotatable bonds is 9. The van der Waals surface area contributed by atoms with E-state index in [-0.39, 0.29) is 20.1 Å². The quantitative estimate of drug-likeness (QED) is 0.135. The smallest absolute Gasteiger partial charge is 0.500 e. The summed E-state index contributed by atoms with van der Waals surface area (Å²) in [5, 5.41) is 4.47. The van der Waals surface area contributed by atoms with Crippen LogP contribution < -0.4 is 0 Å². The molecule has 0 fully saturated rings. The monoisotopic (exact) mass is 1220 g/mol. The van der Waals surface area contributed by atoms with Crippen LogP contribution in [-0.2, 0) is 32.9 Å². The van der Waals surface area contributed by atoms with Gasteiger partial charge in [0.25, 0.3) is 0 Å². The number of pyridine rings is 2. The van der Waals surface area contributed by atoms with Gasteiger partial charge in [-0.25, -0.2) is 4.98 Å². The van der Waals surface area contributed by atoms with Gasteiger partial charge in [0, 0.05) is 34.5 Å². The standard InChI is InChI=1S/C43H29N5.C29H17N2O.Ir/c1-3-12-31(13-4-1)41-32(16-11-27-45-41)24-22-30-23-25-39-40(28-30)48-42-36(33-14-9-15-34(29-33)37-20-7-8-26-44-37)19-10-21-38(42)46-43(48)47(39)35-17-5-2-6-18-35;1-2-10-20(11-3-1)31-26-16-7-6-15-25(26)30-29(31)24-14-8-13-22-23-18-17-19-9-4-5-12-21(19)27(23)32-28(22)24;/h1-12,14,16-21,23,25-29H,22,24H2;1-13,15-18H;/q-2;-1;+3. The average molecular weight is 1220 g/mol. The summed E-state index contributed by atoms with van der Waals surface area (Å²) >= 11 is 0. The zero-order valence-electron chi connectivity index (χ0n) is 43.5. The first kappa shape index (κ1) is 49.3. The first-order valence-corrected chi connectivity index (χ1v) is 26.8. The zero-order chi connectivity index (χ0) is 52.9. The van der Waals surface area contributed by atoms with Crippen LogP contribution in [0.1, 0.15) is 11.1 Å². The number of benzene rings is 10. The molecule has 0 saturated heterocycles. The minimum Gasteiger partial charge on any atom is -0.500 e. The Bertz CT molecular complexity index is 4950.